The SMILES string of the molecule is O=C(/C=C/c1ccccc1O[C@H]1CCCN(C(=O)c2cccnc2)C1)NO. The Morgan fingerprint density at radius 2 is 2.11 bits per heavy atom. The molecular weight excluding hydrogens is 346 g/mol. The van der Waals surface area contributed by atoms with Gasteiger partial charge in [-0.2, -0.15) is 0 Å². The number of hydrogen-bond donors (Lipinski definition) is 2. The molecule has 1 fully saturated rings. The number of aromatic nitrogens is 1. The molecule has 140 valence electrons. The number of ether oxygens (including phenoxy) is 1. The number of carbonyl (C=O) groups is 2. The van der Waals surface area contributed by atoms with Crippen LogP contribution >= 0.6 is 0 Å². The lowest BCUT2D eigenvalue weighted by molar-refractivity contribution is -0.124. The number of amides is 2. The highest BCUT2D eigenvalue weighted by atomic mass is 16.5. The van der Waals surface area contributed by atoms with E-state index in [1.54, 1.807) is 41.0 Å². The van der Waals surface area contributed by atoms with Crippen LogP contribution in [-0.2, 0) is 4.79 Å². The molecular formula is C20H21N3O4. The van der Waals surface area contributed by atoms with Crippen molar-refractivity contribution in [1.82, 2.24) is 15.4 Å². The van der Waals surface area contributed by atoms with Gasteiger partial charge in [0.05, 0.1) is 12.1 Å². The molecule has 0 spiro atoms. The lowest BCUT2D eigenvalue weighted by Crippen LogP contribution is -2.44. The van der Waals surface area contributed by atoms with Crippen molar-refractivity contribution in [2.45, 2.75) is 18.9 Å². The number of hydroxylamine groups is 1. The third-order valence-corrected chi connectivity index (χ3v) is 4.31. The second kappa shape index (κ2) is 8.95. The molecule has 2 amide bonds. The molecule has 2 aromatic rings. The van der Waals surface area contributed by atoms with E-state index in [9.17, 15) is 9.59 Å². The molecule has 0 aliphatic carbocycles. The van der Waals surface area contributed by atoms with Gasteiger partial charge in [0.25, 0.3) is 11.8 Å². The number of nitrogens with zero attached hydrogens (tertiary/aromatic N) is 2. The Hall–Kier alpha value is -3.19. The first-order valence-corrected chi connectivity index (χ1v) is 8.74. The molecule has 0 bridgehead atoms. The maximum atomic E-state index is 12.6. The second-order valence-electron chi connectivity index (χ2n) is 6.22. The lowest BCUT2D eigenvalue weighted by atomic mass is 10.1. The molecule has 1 atom stereocenters. The molecule has 7 heteroatoms. The maximum absolute atomic E-state index is 12.6. The summed E-state index contributed by atoms with van der Waals surface area (Å²) in [6.07, 6.45) is 7.55. The third kappa shape index (κ3) is 4.92. The van der Waals surface area contributed by atoms with Crippen molar-refractivity contribution in [1.29, 1.82) is 0 Å². The van der Waals surface area contributed by atoms with E-state index in [-0.39, 0.29) is 12.0 Å². The van der Waals surface area contributed by atoms with E-state index >= 15 is 0 Å². The molecule has 1 saturated heterocycles. The van der Waals surface area contributed by atoms with Crippen molar-refractivity contribution >= 4 is 17.9 Å². The largest absolute Gasteiger partial charge is 0.488 e. The van der Waals surface area contributed by atoms with Crippen LogP contribution < -0.4 is 10.2 Å². The standard InChI is InChI=1S/C20H21N3O4/c24-19(22-26)10-9-15-5-1-2-8-18(15)27-17-7-4-12-23(14-17)20(25)16-6-3-11-21-13-16/h1-3,5-6,8-11,13,17,26H,4,7,12,14H2,(H,22,24)/b10-9+/t17-/m0/s1. The molecule has 0 saturated carbocycles. The zero-order chi connectivity index (χ0) is 19.1. The molecule has 1 aromatic carbocycles. The molecule has 3 rings (SSSR count). The first kappa shape index (κ1) is 18.6. The van der Waals surface area contributed by atoms with Crippen molar-refractivity contribution in [3.8, 4) is 5.75 Å². The molecule has 0 unspecified atom stereocenters. The Kier molecular flexibility index (Phi) is 6.17. The zero-order valence-corrected chi connectivity index (χ0v) is 14.7. The van der Waals surface area contributed by atoms with Crippen molar-refractivity contribution in [2.75, 3.05) is 13.1 Å². The highest BCUT2D eigenvalue weighted by Crippen LogP contribution is 2.24. The normalized spacial score (nSPS) is 16.9. The van der Waals surface area contributed by atoms with Gasteiger partial charge in [-0.1, -0.05) is 18.2 Å². The van der Waals surface area contributed by atoms with Crippen LogP contribution in [0.25, 0.3) is 6.08 Å². The van der Waals surface area contributed by atoms with Gasteiger partial charge in [-0.25, -0.2) is 5.48 Å². The van der Waals surface area contributed by atoms with E-state index in [0.29, 0.717) is 24.4 Å². The summed E-state index contributed by atoms with van der Waals surface area (Å²) in [5.41, 5.74) is 2.84. The Morgan fingerprint density at radius 1 is 1.26 bits per heavy atom. The Bertz CT molecular complexity index is 823. The smallest absolute Gasteiger partial charge is 0.267 e. The number of benzene rings is 1. The predicted molar refractivity (Wildman–Crippen MR) is 99.2 cm³/mol. The molecule has 7 nitrogen and oxygen atoms in total. The average molecular weight is 367 g/mol. The maximum Gasteiger partial charge on any atom is 0.267 e. The first-order valence-electron chi connectivity index (χ1n) is 8.74. The molecule has 2 heterocycles. The van der Waals surface area contributed by atoms with Gasteiger partial charge < -0.3 is 9.64 Å². The summed E-state index contributed by atoms with van der Waals surface area (Å²) in [5, 5.41) is 8.59. The van der Waals surface area contributed by atoms with Gasteiger partial charge in [-0.15, -0.1) is 0 Å². The monoisotopic (exact) mass is 367 g/mol. The van der Waals surface area contributed by atoms with Crippen LogP contribution in [0.4, 0.5) is 0 Å². The molecule has 27 heavy (non-hydrogen) atoms. The van der Waals surface area contributed by atoms with Gasteiger partial charge in [0.1, 0.15) is 11.9 Å². The minimum Gasteiger partial charge on any atom is -0.488 e. The summed E-state index contributed by atoms with van der Waals surface area (Å²) >= 11 is 0. The summed E-state index contributed by atoms with van der Waals surface area (Å²) in [4.78, 5) is 29.6. The molecule has 2 N–H and O–H groups in total. The topological polar surface area (TPSA) is 91.8 Å². The lowest BCUT2D eigenvalue weighted by Gasteiger charge is -2.33. The van der Waals surface area contributed by atoms with Gasteiger partial charge in [0, 0.05) is 30.6 Å². The van der Waals surface area contributed by atoms with Crippen molar-refractivity contribution in [2.24, 2.45) is 0 Å². The van der Waals surface area contributed by atoms with Gasteiger partial charge >= 0.3 is 0 Å². The highest BCUT2D eigenvalue weighted by Gasteiger charge is 2.26. The van der Waals surface area contributed by atoms with Gasteiger partial charge in [0.2, 0.25) is 0 Å². The fourth-order valence-electron chi connectivity index (χ4n) is 3.00. The number of carbonyl (C=O) groups excluding carboxylic acids is 2. The van der Waals surface area contributed by atoms with Crippen LogP contribution in [0, 0.1) is 0 Å². The second-order valence-corrected chi connectivity index (χ2v) is 6.22. The van der Waals surface area contributed by atoms with Crippen molar-refractivity contribution in [3.63, 3.8) is 0 Å². The Labute approximate surface area is 157 Å². The summed E-state index contributed by atoms with van der Waals surface area (Å²) in [6, 6.07) is 10.8. The van der Waals surface area contributed by atoms with E-state index in [0.717, 1.165) is 18.4 Å². The number of likely N-dealkylation sites (tertiary alicyclic amines) is 1. The predicted octanol–water partition coefficient (Wildman–Crippen LogP) is 2.28. The van der Waals surface area contributed by atoms with Crippen molar-refractivity contribution in [3.05, 3.63) is 66.0 Å². The van der Waals surface area contributed by atoms with Crippen LogP contribution in [0.15, 0.2) is 54.9 Å². The van der Waals surface area contributed by atoms with Gasteiger partial charge in [-0.05, 0) is 37.1 Å². The highest BCUT2D eigenvalue weighted by molar-refractivity contribution is 5.94. The minimum absolute atomic E-state index is 0.0517. The van der Waals surface area contributed by atoms with E-state index in [2.05, 4.69) is 4.98 Å². The Balaban J connectivity index is 1.69. The summed E-state index contributed by atoms with van der Waals surface area (Å²) < 4.78 is 6.11. The van der Waals surface area contributed by atoms with Crippen LogP contribution in [0.3, 0.4) is 0 Å². The molecule has 1 aliphatic rings. The van der Waals surface area contributed by atoms with Crippen LogP contribution in [-0.4, -0.2) is 46.1 Å². The quantitative estimate of drug-likeness (QED) is 0.481. The number of piperidine rings is 1. The van der Waals surface area contributed by atoms with Crippen molar-refractivity contribution < 1.29 is 19.5 Å². The molecule has 0 radical (unpaired) electrons. The van der Waals surface area contributed by atoms with Crippen LogP contribution in [0.5, 0.6) is 5.75 Å². The number of para-hydroxylation sites is 1. The number of hydrogen-bond acceptors (Lipinski definition) is 5. The molecule has 1 aliphatic heterocycles. The fourth-order valence-corrected chi connectivity index (χ4v) is 3.00. The fraction of sp³-hybridized carbons (Fsp3) is 0.250. The minimum atomic E-state index is -0.615. The average Bonchev–Trinajstić information content (AvgIpc) is 2.73. The molecule has 1 aromatic heterocycles. The van der Waals surface area contributed by atoms with E-state index in [1.165, 1.54) is 6.08 Å². The summed E-state index contributed by atoms with van der Waals surface area (Å²) in [6.45, 7) is 1.18. The van der Waals surface area contributed by atoms with E-state index in [4.69, 9.17) is 9.94 Å². The number of nitrogens with one attached hydrogen (secondary N) is 1. The van der Waals surface area contributed by atoms with E-state index < -0.39 is 5.91 Å². The summed E-state index contributed by atoms with van der Waals surface area (Å²) in [7, 11) is 0. The summed E-state index contributed by atoms with van der Waals surface area (Å²) in [5.74, 6) is -0.0416. The Morgan fingerprint density at radius 3 is 2.89 bits per heavy atom. The van der Waals surface area contributed by atoms with Gasteiger partial charge in [0.15, 0.2) is 0 Å². The van der Waals surface area contributed by atoms with Gasteiger partial charge in [-0.3, -0.25) is 19.8 Å². The van der Waals surface area contributed by atoms with Crippen LogP contribution in [0.1, 0.15) is 28.8 Å². The third-order valence-electron chi connectivity index (χ3n) is 4.31. The number of pyridine rings is 1. The van der Waals surface area contributed by atoms with E-state index in [1.807, 2.05) is 24.3 Å². The van der Waals surface area contributed by atoms with Crippen LogP contribution in [0.2, 0.25) is 0 Å². The first-order chi connectivity index (χ1) is 13.2. The zero-order valence-electron chi connectivity index (χ0n) is 14.7. The number of rotatable bonds is 5.